The van der Waals surface area contributed by atoms with E-state index in [1.807, 2.05) is 20.9 Å². The Morgan fingerprint density at radius 1 is 1.36 bits per heavy atom. The zero-order valence-electron chi connectivity index (χ0n) is 16.8. The molecule has 2 aromatic rings. The van der Waals surface area contributed by atoms with Crippen LogP contribution in [0.5, 0.6) is 0 Å². The van der Waals surface area contributed by atoms with Crippen molar-refractivity contribution < 1.29 is 13.2 Å². The Kier molecular flexibility index (Phi) is 5.90. The molecule has 154 valence electrons. The Hall–Kier alpha value is -2.20. The molecule has 0 bridgehead atoms. The van der Waals surface area contributed by atoms with Crippen molar-refractivity contribution in [3.8, 4) is 0 Å². The summed E-state index contributed by atoms with van der Waals surface area (Å²) in [5, 5.41) is 11.3. The van der Waals surface area contributed by atoms with Gasteiger partial charge in [0.1, 0.15) is 4.90 Å². The van der Waals surface area contributed by atoms with Crippen LogP contribution in [-0.2, 0) is 35.0 Å². The molecule has 2 aromatic heterocycles. The van der Waals surface area contributed by atoms with Gasteiger partial charge in [0.2, 0.25) is 15.9 Å². The number of nitrogens with zero attached hydrogens (tertiary/aromatic N) is 5. The molecule has 0 radical (unpaired) electrons. The van der Waals surface area contributed by atoms with Crippen molar-refractivity contribution >= 4 is 15.9 Å². The van der Waals surface area contributed by atoms with Crippen LogP contribution in [0.1, 0.15) is 36.7 Å². The lowest BCUT2D eigenvalue weighted by Gasteiger charge is -2.31. The largest absolute Gasteiger partial charge is 0.352 e. The molecule has 1 aliphatic heterocycles. The highest BCUT2D eigenvalue weighted by atomic mass is 32.2. The lowest BCUT2D eigenvalue weighted by molar-refractivity contribution is -0.126. The van der Waals surface area contributed by atoms with E-state index in [1.165, 1.54) is 4.31 Å². The Morgan fingerprint density at radius 2 is 2.11 bits per heavy atom. The molecule has 10 heteroatoms. The summed E-state index contributed by atoms with van der Waals surface area (Å²) in [7, 11) is -1.81. The standard InChI is InChI=1S/C18H28N6O3S/c1-5-23-12-17(13(2)21-23)28(26,27)24-8-6-7-15(11-24)18(25)19-9-16-10-20-22(4)14(16)3/h10,12,15H,5-9,11H2,1-4H3,(H,19,25). The van der Waals surface area contributed by atoms with Gasteiger partial charge in [-0.15, -0.1) is 0 Å². The first-order valence-corrected chi connectivity index (χ1v) is 11.0. The van der Waals surface area contributed by atoms with Crippen LogP contribution >= 0.6 is 0 Å². The van der Waals surface area contributed by atoms with Gasteiger partial charge in [-0.3, -0.25) is 14.2 Å². The number of sulfonamides is 1. The third-order valence-electron chi connectivity index (χ3n) is 5.39. The minimum absolute atomic E-state index is 0.121. The van der Waals surface area contributed by atoms with E-state index in [0.717, 1.165) is 11.3 Å². The highest BCUT2D eigenvalue weighted by Crippen LogP contribution is 2.25. The van der Waals surface area contributed by atoms with Gasteiger partial charge >= 0.3 is 0 Å². The number of amides is 1. The Morgan fingerprint density at radius 3 is 2.71 bits per heavy atom. The maximum Gasteiger partial charge on any atom is 0.246 e. The van der Waals surface area contributed by atoms with Crippen LogP contribution < -0.4 is 5.32 Å². The summed E-state index contributed by atoms with van der Waals surface area (Å²) in [6.07, 6.45) is 4.64. The van der Waals surface area contributed by atoms with Gasteiger partial charge in [-0.1, -0.05) is 0 Å². The zero-order chi connectivity index (χ0) is 20.5. The normalized spacial score (nSPS) is 18.4. The number of carbonyl (C=O) groups excluding carboxylic acids is 1. The predicted octanol–water partition coefficient (Wildman–Crippen LogP) is 0.970. The molecule has 1 N–H and O–H groups in total. The third-order valence-corrected chi connectivity index (χ3v) is 7.36. The Labute approximate surface area is 165 Å². The van der Waals surface area contributed by atoms with Crippen molar-refractivity contribution in [2.75, 3.05) is 13.1 Å². The Bertz CT molecular complexity index is 962. The van der Waals surface area contributed by atoms with E-state index in [1.54, 1.807) is 28.7 Å². The van der Waals surface area contributed by atoms with Crippen molar-refractivity contribution in [2.24, 2.45) is 13.0 Å². The van der Waals surface area contributed by atoms with Crippen LogP contribution in [0.2, 0.25) is 0 Å². The van der Waals surface area contributed by atoms with Crippen LogP contribution in [0, 0.1) is 19.8 Å². The highest BCUT2D eigenvalue weighted by molar-refractivity contribution is 7.89. The van der Waals surface area contributed by atoms with E-state index in [4.69, 9.17) is 0 Å². The van der Waals surface area contributed by atoms with E-state index in [9.17, 15) is 13.2 Å². The van der Waals surface area contributed by atoms with E-state index in [-0.39, 0.29) is 23.3 Å². The first-order chi connectivity index (χ1) is 13.2. The van der Waals surface area contributed by atoms with Gasteiger partial charge in [-0.05, 0) is 33.6 Å². The van der Waals surface area contributed by atoms with Crippen molar-refractivity contribution in [2.45, 2.75) is 51.6 Å². The number of hydrogen-bond acceptors (Lipinski definition) is 5. The van der Waals surface area contributed by atoms with Gasteiger partial charge in [0, 0.05) is 50.7 Å². The second kappa shape index (κ2) is 8.04. The molecule has 0 saturated carbocycles. The van der Waals surface area contributed by atoms with Crippen molar-refractivity contribution in [1.82, 2.24) is 29.2 Å². The summed E-state index contributed by atoms with van der Waals surface area (Å²) in [5.74, 6) is -0.480. The molecule has 1 aliphatic rings. The molecule has 0 spiro atoms. The van der Waals surface area contributed by atoms with Crippen molar-refractivity contribution in [3.05, 3.63) is 29.3 Å². The van der Waals surface area contributed by atoms with Crippen LogP contribution in [0.3, 0.4) is 0 Å². The van der Waals surface area contributed by atoms with E-state index >= 15 is 0 Å². The lowest BCUT2D eigenvalue weighted by atomic mass is 9.99. The smallest absolute Gasteiger partial charge is 0.246 e. The van der Waals surface area contributed by atoms with Gasteiger partial charge in [0.25, 0.3) is 0 Å². The predicted molar refractivity (Wildman–Crippen MR) is 104 cm³/mol. The highest BCUT2D eigenvalue weighted by Gasteiger charge is 2.35. The first-order valence-electron chi connectivity index (χ1n) is 9.53. The molecule has 1 fully saturated rings. The number of carbonyl (C=O) groups is 1. The minimum Gasteiger partial charge on any atom is -0.352 e. The molecular formula is C18H28N6O3S. The summed E-state index contributed by atoms with van der Waals surface area (Å²) in [6.45, 7) is 7.17. The number of rotatable bonds is 6. The van der Waals surface area contributed by atoms with E-state index < -0.39 is 10.0 Å². The molecule has 1 unspecified atom stereocenters. The zero-order valence-corrected chi connectivity index (χ0v) is 17.7. The fourth-order valence-electron chi connectivity index (χ4n) is 3.47. The maximum atomic E-state index is 13.1. The SMILES string of the molecule is CCn1cc(S(=O)(=O)N2CCCC(C(=O)NCc3cnn(C)c3C)C2)c(C)n1. The monoisotopic (exact) mass is 408 g/mol. The lowest BCUT2D eigenvalue weighted by Crippen LogP contribution is -2.45. The quantitative estimate of drug-likeness (QED) is 0.767. The molecule has 3 rings (SSSR count). The summed E-state index contributed by atoms with van der Waals surface area (Å²) < 4.78 is 30.9. The molecule has 1 atom stereocenters. The first kappa shape index (κ1) is 20.5. The van der Waals surface area contributed by atoms with Gasteiger partial charge in [0.05, 0.1) is 17.8 Å². The van der Waals surface area contributed by atoms with Crippen LogP contribution in [0.15, 0.2) is 17.3 Å². The molecular weight excluding hydrogens is 380 g/mol. The molecule has 9 nitrogen and oxygen atoms in total. The molecule has 0 aromatic carbocycles. The molecule has 0 aliphatic carbocycles. The number of nitrogens with one attached hydrogen (secondary N) is 1. The molecule has 28 heavy (non-hydrogen) atoms. The van der Waals surface area contributed by atoms with Gasteiger partial charge in [-0.2, -0.15) is 14.5 Å². The number of aromatic nitrogens is 4. The van der Waals surface area contributed by atoms with E-state index in [0.29, 0.717) is 38.2 Å². The maximum absolute atomic E-state index is 13.1. The van der Waals surface area contributed by atoms with Crippen LogP contribution in [-0.4, -0.2) is 51.3 Å². The van der Waals surface area contributed by atoms with E-state index in [2.05, 4.69) is 15.5 Å². The van der Waals surface area contributed by atoms with Crippen LogP contribution in [0.4, 0.5) is 0 Å². The van der Waals surface area contributed by atoms with Gasteiger partial charge < -0.3 is 5.32 Å². The minimum atomic E-state index is -3.66. The fraction of sp³-hybridized carbons (Fsp3) is 0.611. The summed E-state index contributed by atoms with van der Waals surface area (Å²) in [5.41, 5.74) is 2.44. The molecule has 1 amide bonds. The number of aryl methyl sites for hydroxylation is 3. The van der Waals surface area contributed by atoms with Gasteiger partial charge in [0.15, 0.2) is 0 Å². The summed E-state index contributed by atoms with van der Waals surface area (Å²) in [6, 6.07) is 0. The fourth-order valence-corrected chi connectivity index (χ4v) is 5.17. The van der Waals surface area contributed by atoms with Crippen LogP contribution in [0.25, 0.3) is 0 Å². The van der Waals surface area contributed by atoms with Crippen molar-refractivity contribution in [1.29, 1.82) is 0 Å². The average molecular weight is 409 g/mol. The average Bonchev–Trinajstić information content (AvgIpc) is 3.23. The number of hydrogen-bond donors (Lipinski definition) is 1. The summed E-state index contributed by atoms with van der Waals surface area (Å²) in [4.78, 5) is 12.9. The van der Waals surface area contributed by atoms with Gasteiger partial charge in [-0.25, -0.2) is 8.42 Å². The second-order valence-electron chi connectivity index (χ2n) is 7.23. The molecule has 3 heterocycles. The molecule has 1 saturated heterocycles. The number of piperidine rings is 1. The third kappa shape index (κ3) is 3.97. The van der Waals surface area contributed by atoms with Crippen molar-refractivity contribution in [3.63, 3.8) is 0 Å². The topological polar surface area (TPSA) is 102 Å². The second-order valence-corrected chi connectivity index (χ2v) is 9.14. The Balaban J connectivity index is 1.68. The summed E-state index contributed by atoms with van der Waals surface area (Å²) >= 11 is 0.